The van der Waals surface area contributed by atoms with Gasteiger partial charge in [0.2, 0.25) is 5.76 Å². The predicted octanol–water partition coefficient (Wildman–Crippen LogP) is 6.99. The number of hydrogen-bond donors (Lipinski definition) is 0. The first kappa shape index (κ1) is 23.7. The maximum Gasteiger partial charge on any atom is 0.295 e. The van der Waals surface area contributed by atoms with Crippen LogP contribution in [0.1, 0.15) is 51.3 Å². The van der Waals surface area contributed by atoms with Gasteiger partial charge in [0, 0.05) is 5.69 Å². The summed E-state index contributed by atoms with van der Waals surface area (Å²) in [5, 5.41) is 0.473. The molecule has 6 rings (SSSR count). The van der Waals surface area contributed by atoms with Crippen molar-refractivity contribution in [3.63, 3.8) is 0 Å². The largest absolute Gasteiger partial charge is 0.489 e. The Hall–Kier alpha value is -4.64. The lowest BCUT2D eigenvalue weighted by Crippen LogP contribution is -2.29. The normalized spacial score (nSPS) is 14.6. The average Bonchev–Trinajstić information content (AvgIpc) is 3.25. The maximum atomic E-state index is 13.9. The molecule has 0 bridgehead atoms. The zero-order valence-electron chi connectivity index (χ0n) is 21.3. The minimum absolute atomic E-state index is 0.0894. The maximum absolute atomic E-state index is 13.9. The lowest BCUT2D eigenvalue weighted by molar-refractivity contribution is 0.0971. The summed E-state index contributed by atoms with van der Waals surface area (Å²) < 4.78 is 12.2. The Bertz CT molecular complexity index is 1700. The molecule has 0 saturated heterocycles. The smallest absolute Gasteiger partial charge is 0.295 e. The molecule has 0 aliphatic carbocycles. The van der Waals surface area contributed by atoms with E-state index >= 15 is 0 Å². The Kier molecular flexibility index (Phi) is 6.04. The number of anilines is 1. The molecule has 38 heavy (non-hydrogen) atoms. The molecular weight excluding hydrogens is 474 g/mol. The first-order valence-electron chi connectivity index (χ1n) is 12.8. The van der Waals surface area contributed by atoms with Gasteiger partial charge in [-0.05, 0) is 66.4 Å². The van der Waals surface area contributed by atoms with E-state index in [-0.39, 0.29) is 17.1 Å². The molecule has 1 unspecified atom stereocenters. The third-order valence-corrected chi connectivity index (χ3v) is 7.07. The zero-order valence-corrected chi connectivity index (χ0v) is 21.3. The van der Waals surface area contributed by atoms with E-state index in [1.54, 1.807) is 11.0 Å². The zero-order chi connectivity index (χ0) is 26.2. The van der Waals surface area contributed by atoms with Crippen LogP contribution in [0.15, 0.2) is 106 Å². The fourth-order valence-corrected chi connectivity index (χ4v) is 5.08. The standard InChI is InChI=1S/C33H27NO4/c1-3-22-13-15-25(16-14-22)34-30(24-10-7-11-26(19-24)37-20-23-8-5-4-6-9-23)29-31(35)27-18-21(2)12-17-28(27)38-32(29)33(34)36/h4-19,30H,3,20H2,1-2H3. The van der Waals surface area contributed by atoms with E-state index in [0.29, 0.717) is 34.6 Å². The molecule has 0 spiro atoms. The molecule has 5 nitrogen and oxygen atoms in total. The summed E-state index contributed by atoms with van der Waals surface area (Å²) in [6, 6.07) is 30.2. The summed E-state index contributed by atoms with van der Waals surface area (Å²) in [5.41, 5.74) is 5.24. The van der Waals surface area contributed by atoms with Crippen molar-refractivity contribution >= 4 is 22.6 Å². The highest BCUT2D eigenvalue weighted by atomic mass is 16.5. The van der Waals surface area contributed by atoms with Gasteiger partial charge >= 0.3 is 0 Å². The third kappa shape index (κ3) is 4.16. The van der Waals surface area contributed by atoms with Gasteiger partial charge in [-0.3, -0.25) is 14.5 Å². The fourth-order valence-electron chi connectivity index (χ4n) is 5.08. The van der Waals surface area contributed by atoms with Crippen LogP contribution in [0.4, 0.5) is 5.69 Å². The number of carbonyl (C=O) groups is 1. The second kappa shape index (κ2) is 9.67. The van der Waals surface area contributed by atoms with E-state index in [4.69, 9.17) is 9.15 Å². The second-order valence-electron chi connectivity index (χ2n) is 9.62. The molecule has 1 amide bonds. The average molecular weight is 502 g/mol. The van der Waals surface area contributed by atoms with Crippen LogP contribution in [0.5, 0.6) is 5.75 Å². The van der Waals surface area contributed by atoms with Crippen LogP contribution in [-0.4, -0.2) is 5.91 Å². The summed E-state index contributed by atoms with van der Waals surface area (Å²) in [4.78, 5) is 29.4. The quantitative estimate of drug-likeness (QED) is 0.252. The molecule has 1 atom stereocenters. The van der Waals surface area contributed by atoms with Crippen LogP contribution in [-0.2, 0) is 13.0 Å². The van der Waals surface area contributed by atoms with Gasteiger partial charge < -0.3 is 9.15 Å². The molecule has 2 heterocycles. The summed E-state index contributed by atoms with van der Waals surface area (Å²) in [6.45, 7) is 4.44. The van der Waals surface area contributed by atoms with Crippen LogP contribution in [0, 0.1) is 6.92 Å². The lowest BCUT2D eigenvalue weighted by Gasteiger charge is -2.25. The predicted molar refractivity (Wildman–Crippen MR) is 149 cm³/mol. The van der Waals surface area contributed by atoms with Gasteiger partial charge in [0.15, 0.2) is 5.43 Å². The van der Waals surface area contributed by atoms with Gasteiger partial charge in [0.25, 0.3) is 5.91 Å². The van der Waals surface area contributed by atoms with Crippen molar-refractivity contribution in [3.05, 3.63) is 141 Å². The van der Waals surface area contributed by atoms with Crippen LogP contribution < -0.4 is 15.1 Å². The van der Waals surface area contributed by atoms with Crippen molar-refractivity contribution in [2.75, 3.05) is 4.90 Å². The highest BCUT2D eigenvalue weighted by molar-refractivity contribution is 6.10. The summed E-state index contributed by atoms with van der Waals surface area (Å²) in [5.74, 6) is 0.422. The van der Waals surface area contributed by atoms with Gasteiger partial charge in [0.05, 0.1) is 17.0 Å². The lowest BCUT2D eigenvalue weighted by atomic mass is 9.97. The summed E-state index contributed by atoms with van der Waals surface area (Å²) in [6.07, 6.45) is 0.892. The van der Waals surface area contributed by atoms with Crippen LogP contribution in [0.25, 0.3) is 11.0 Å². The molecule has 5 heteroatoms. The minimum atomic E-state index is -0.647. The van der Waals surface area contributed by atoms with Crippen molar-refractivity contribution < 1.29 is 13.9 Å². The van der Waals surface area contributed by atoms with Crippen molar-refractivity contribution in [1.82, 2.24) is 0 Å². The first-order valence-corrected chi connectivity index (χ1v) is 12.8. The van der Waals surface area contributed by atoms with Crippen molar-refractivity contribution in [3.8, 4) is 5.75 Å². The van der Waals surface area contributed by atoms with E-state index in [2.05, 4.69) is 6.92 Å². The Morgan fingerprint density at radius 3 is 2.39 bits per heavy atom. The molecule has 4 aromatic carbocycles. The Morgan fingerprint density at radius 1 is 0.842 bits per heavy atom. The van der Waals surface area contributed by atoms with Gasteiger partial charge in [-0.25, -0.2) is 0 Å². The molecule has 0 radical (unpaired) electrons. The highest BCUT2D eigenvalue weighted by Crippen LogP contribution is 2.42. The monoisotopic (exact) mass is 501 g/mol. The third-order valence-electron chi connectivity index (χ3n) is 7.07. The number of nitrogens with zero attached hydrogens (tertiary/aromatic N) is 1. The van der Waals surface area contributed by atoms with Gasteiger partial charge in [-0.2, -0.15) is 0 Å². The van der Waals surface area contributed by atoms with E-state index in [1.807, 2.05) is 97.9 Å². The summed E-state index contributed by atoms with van der Waals surface area (Å²) >= 11 is 0. The second-order valence-corrected chi connectivity index (χ2v) is 9.62. The fraction of sp³-hybridized carbons (Fsp3) is 0.152. The van der Waals surface area contributed by atoms with Crippen LogP contribution in [0.3, 0.4) is 0 Å². The molecule has 1 aromatic heterocycles. The molecule has 5 aromatic rings. The number of carbonyl (C=O) groups excluding carboxylic acids is 1. The van der Waals surface area contributed by atoms with Gasteiger partial charge in [0.1, 0.15) is 17.9 Å². The summed E-state index contributed by atoms with van der Waals surface area (Å²) in [7, 11) is 0. The van der Waals surface area contributed by atoms with Crippen molar-refractivity contribution in [2.45, 2.75) is 32.9 Å². The van der Waals surface area contributed by atoms with Crippen LogP contribution in [0.2, 0.25) is 0 Å². The van der Waals surface area contributed by atoms with Crippen molar-refractivity contribution in [1.29, 1.82) is 0 Å². The number of aryl methyl sites for hydroxylation is 2. The Balaban J connectivity index is 1.49. The molecule has 1 aliphatic rings. The Morgan fingerprint density at radius 2 is 1.63 bits per heavy atom. The van der Waals surface area contributed by atoms with Gasteiger partial charge in [-0.15, -0.1) is 0 Å². The van der Waals surface area contributed by atoms with E-state index in [1.165, 1.54) is 5.56 Å². The highest BCUT2D eigenvalue weighted by Gasteiger charge is 2.43. The number of hydrogen-bond acceptors (Lipinski definition) is 4. The molecule has 188 valence electrons. The SMILES string of the molecule is CCc1ccc(N2C(=O)c3oc4ccc(C)cc4c(=O)c3C2c2cccc(OCc3ccccc3)c2)cc1. The van der Waals surface area contributed by atoms with Crippen molar-refractivity contribution in [2.24, 2.45) is 0 Å². The molecule has 0 fully saturated rings. The van der Waals surface area contributed by atoms with Crippen LogP contribution >= 0.6 is 0 Å². The molecule has 1 aliphatic heterocycles. The minimum Gasteiger partial charge on any atom is -0.489 e. The van der Waals surface area contributed by atoms with E-state index in [9.17, 15) is 9.59 Å². The van der Waals surface area contributed by atoms with E-state index < -0.39 is 6.04 Å². The molecular formula is C33H27NO4. The Labute approximate surface area is 220 Å². The van der Waals surface area contributed by atoms with E-state index in [0.717, 1.165) is 23.1 Å². The first-order chi connectivity index (χ1) is 18.5. The molecule has 0 saturated carbocycles. The molecule has 0 N–H and O–H groups in total. The number of rotatable bonds is 6. The number of amides is 1. The number of fused-ring (bicyclic) bond motifs is 2. The number of benzene rings is 4. The number of ether oxygens (including phenoxy) is 1. The van der Waals surface area contributed by atoms with Gasteiger partial charge in [-0.1, -0.05) is 73.2 Å². The topological polar surface area (TPSA) is 59.8 Å².